The number of hydrogen-bond acceptors (Lipinski definition) is 4. The molecule has 0 saturated carbocycles. The van der Waals surface area contributed by atoms with Crippen molar-refractivity contribution in [3.8, 4) is 11.1 Å². The fourth-order valence-electron chi connectivity index (χ4n) is 4.70. The molecule has 3 aromatic rings. The van der Waals surface area contributed by atoms with E-state index in [0.717, 1.165) is 44.1 Å². The van der Waals surface area contributed by atoms with Crippen molar-refractivity contribution in [2.24, 2.45) is 0 Å². The number of rotatable bonds is 5. The molecule has 2 aromatic carbocycles. The first-order valence-electron chi connectivity index (χ1n) is 10.9. The molecule has 2 aliphatic rings. The molecule has 1 aromatic heterocycles. The van der Waals surface area contributed by atoms with Crippen LogP contribution in [-0.4, -0.2) is 36.1 Å². The van der Waals surface area contributed by atoms with E-state index in [-0.39, 0.29) is 11.4 Å². The first-order chi connectivity index (χ1) is 15.9. The van der Waals surface area contributed by atoms with Crippen LogP contribution >= 0.6 is 11.6 Å². The summed E-state index contributed by atoms with van der Waals surface area (Å²) in [4.78, 5) is 19.6. The molecule has 33 heavy (non-hydrogen) atoms. The fraction of sp³-hybridized carbons (Fsp3) is 0.280. The molecule has 0 radical (unpaired) electrons. The second-order valence-electron chi connectivity index (χ2n) is 8.68. The summed E-state index contributed by atoms with van der Waals surface area (Å²) in [7, 11) is 0. The topological polar surface area (TPSA) is 57.3 Å². The van der Waals surface area contributed by atoms with Gasteiger partial charge in [0.2, 0.25) is 0 Å². The molecule has 8 heteroatoms. The summed E-state index contributed by atoms with van der Waals surface area (Å²) >= 11 is 6.05. The maximum Gasteiger partial charge on any atom is 0.255 e. The first-order valence-corrected chi connectivity index (χ1v) is 11.3. The predicted octanol–water partition coefficient (Wildman–Crippen LogP) is 4.55. The van der Waals surface area contributed by atoms with E-state index in [1.54, 1.807) is 18.3 Å². The Hall–Kier alpha value is -3.03. The summed E-state index contributed by atoms with van der Waals surface area (Å²) in [6.45, 7) is 2.72. The Morgan fingerprint density at radius 2 is 1.94 bits per heavy atom. The molecule has 5 rings (SSSR count). The minimum atomic E-state index is -0.676. The van der Waals surface area contributed by atoms with Gasteiger partial charge in [-0.2, -0.15) is 0 Å². The normalized spacial score (nSPS) is 19.5. The zero-order chi connectivity index (χ0) is 23.0. The number of pyridine rings is 1. The highest BCUT2D eigenvalue weighted by Crippen LogP contribution is 2.40. The van der Waals surface area contributed by atoms with Gasteiger partial charge in [-0.15, -0.1) is 0 Å². The largest absolute Gasteiger partial charge is 0.368 e. The number of carbonyl (C=O) groups excluding carboxylic acids is 1. The van der Waals surface area contributed by atoms with Gasteiger partial charge in [-0.05, 0) is 54.8 Å². The van der Waals surface area contributed by atoms with E-state index in [1.807, 2.05) is 12.1 Å². The van der Waals surface area contributed by atoms with Crippen molar-refractivity contribution in [1.29, 1.82) is 0 Å². The van der Waals surface area contributed by atoms with E-state index in [0.29, 0.717) is 33.9 Å². The number of anilines is 1. The molecular weight excluding hydrogens is 446 g/mol. The third-order valence-corrected chi connectivity index (χ3v) is 6.69. The molecule has 170 valence electrons. The molecule has 0 aliphatic carbocycles. The summed E-state index contributed by atoms with van der Waals surface area (Å²) in [6, 6.07) is 10.6. The van der Waals surface area contributed by atoms with Crippen LogP contribution in [0, 0.1) is 11.6 Å². The van der Waals surface area contributed by atoms with Crippen LogP contribution in [0.25, 0.3) is 11.1 Å². The molecule has 2 fully saturated rings. The lowest BCUT2D eigenvalue weighted by Gasteiger charge is -2.40. The van der Waals surface area contributed by atoms with Crippen LogP contribution in [0.4, 0.5) is 14.5 Å². The van der Waals surface area contributed by atoms with Crippen molar-refractivity contribution in [2.75, 3.05) is 24.5 Å². The first kappa shape index (κ1) is 21.8. The molecule has 3 heterocycles. The number of halogens is 3. The Bertz CT molecular complexity index is 1190. The van der Waals surface area contributed by atoms with Crippen LogP contribution in [0.15, 0.2) is 54.9 Å². The fourth-order valence-corrected chi connectivity index (χ4v) is 4.91. The summed E-state index contributed by atoms with van der Waals surface area (Å²) < 4.78 is 28.1. The molecule has 1 atom stereocenters. The molecule has 5 nitrogen and oxygen atoms in total. The van der Waals surface area contributed by atoms with E-state index in [4.69, 9.17) is 11.6 Å². The molecular formula is C25H23ClF2N4O. The van der Waals surface area contributed by atoms with E-state index in [2.05, 4.69) is 20.5 Å². The quantitative estimate of drug-likeness (QED) is 0.576. The van der Waals surface area contributed by atoms with Crippen LogP contribution < -0.4 is 15.5 Å². The standard InChI is InChI=1S/C25H23ClF2N4O/c26-18-3-1-2-16(8-18)12-30-24(33)22-14-29-13-21(17-9-19(27)11-20(28)10-17)23(22)32-7-5-25(15-32)4-6-31-25/h1-3,8-11,13-14,31H,4-7,12,15H2,(H,30,33). The molecule has 2 aliphatic heterocycles. The Morgan fingerprint density at radius 3 is 2.61 bits per heavy atom. The number of carbonyl (C=O) groups is 1. The van der Waals surface area contributed by atoms with Crippen molar-refractivity contribution < 1.29 is 13.6 Å². The van der Waals surface area contributed by atoms with Gasteiger partial charge in [0.05, 0.1) is 11.3 Å². The zero-order valence-corrected chi connectivity index (χ0v) is 18.6. The summed E-state index contributed by atoms with van der Waals surface area (Å²) in [6.07, 6.45) is 5.09. The maximum atomic E-state index is 14.0. The minimum Gasteiger partial charge on any atom is -0.368 e. The van der Waals surface area contributed by atoms with Crippen LogP contribution in [0.2, 0.25) is 5.02 Å². The van der Waals surface area contributed by atoms with Gasteiger partial charge in [0, 0.05) is 54.2 Å². The van der Waals surface area contributed by atoms with Crippen LogP contribution in [-0.2, 0) is 6.54 Å². The van der Waals surface area contributed by atoms with E-state index in [1.165, 1.54) is 18.3 Å². The van der Waals surface area contributed by atoms with Crippen LogP contribution in [0.5, 0.6) is 0 Å². The number of nitrogens with zero attached hydrogens (tertiary/aromatic N) is 2. The molecule has 1 unspecified atom stereocenters. The van der Waals surface area contributed by atoms with Gasteiger partial charge in [0.25, 0.3) is 5.91 Å². The van der Waals surface area contributed by atoms with Crippen LogP contribution in [0.1, 0.15) is 28.8 Å². The highest BCUT2D eigenvalue weighted by molar-refractivity contribution is 6.30. The highest BCUT2D eigenvalue weighted by atomic mass is 35.5. The van der Waals surface area contributed by atoms with Crippen molar-refractivity contribution in [3.05, 3.63) is 82.6 Å². The zero-order valence-electron chi connectivity index (χ0n) is 17.9. The molecule has 1 amide bonds. The van der Waals surface area contributed by atoms with Gasteiger partial charge >= 0.3 is 0 Å². The van der Waals surface area contributed by atoms with Gasteiger partial charge in [0.15, 0.2) is 0 Å². The van der Waals surface area contributed by atoms with Gasteiger partial charge in [-0.3, -0.25) is 9.78 Å². The summed E-state index contributed by atoms with van der Waals surface area (Å²) in [5, 5.41) is 7.03. The Morgan fingerprint density at radius 1 is 1.15 bits per heavy atom. The molecule has 0 bridgehead atoms. The lowest BCUT2D eigenvalue weighted by Crippen LogP contribution is -2.58. The number of benzene rings is 2. The minimum absolute atomic E-state index is 0.0300. The number of hydrogen-bond donors (Lipinski definition) is 2. The molecule has 1 spiro atoms. The second-order valence-corrected chi connectivity index (χ2v) is 9.12. The molecule has 2 saturated heterocycles. The predicted molar refractivity (Wildman–Crippen MR) is 124 cm³/mol. The van der Waals surface area contributed by atoms with E-state index >= 15 is 0 Å². The SMILES string of the molecule is O=C(NCc1cccc(Cl)c1)c1cncc(-c2cc(F)cc(F)c2)c1N1CCC2(CCN2)C1. The van der Waals surface area contributed by atoms with E-state index < -0.39 is 11.6 Å². The maximum absolute atomic E-state index is 14.0. The summed E-state index contributed by atoms with van der Waals surface area (Å²) in [5.74, 6) is -1.66. The number of aromatic nitrogens is 1. The average Bonchev–Trinajstić information content (AvgIpc) is 3.23. The third-order valence-electron chi connectivity index (χ3n) is 6.45. The van der Waals surface area contributed by atoms with Crippen molar-refractivity contribution >= 4 is 23.2 Å². The lowest BCUT2D eigenvalue weighted by atomic mass is 9.87. The number of amides is 1. The molecule has 2 N–H and O–H groups in total. The van der Waals surface area contributed by atoms with Crippen molar-refractivity contribution in [3.63, 3.8) is 0 Å². The van der Waals surface area contributed by atoms with Crippen molar-refractivity contribution in [1.82, 2.24) is 15.6 Å². The number of nitrogens with one attached hydrogen (secondary N) is 2. The third kappa shape index (κ3) is 4.43. The van der Waals surface area contributed by atoms with Gasteiger partial charge < -0.3 is 15.5 Å². The Balaban J connectivity index is 1.52. The van der Waals surface area contributed by atoms with Gasteiger partial charge in [-0.1, -0.05) is 23.7 Å². The average molecular weight is 469 g/mol. The lowest BCUT2D eigenvalue weighted by molar-refractivity contribution is 0.0951. The second kappa shape index (κ2) is 8.72. The van der Waals surface area contributed by atoms with Gasteiger partial charge in [-0.25, -0.2) is 8.78 Å². The van der Waals surface area contributed by atoms with Gasteiger partial charge in [0.1, 0.15) is 11.6 Å². The Labute approximate surface area is 195 Å². The highest BCUT2D eigenvalue weighted by Gasteiger charge is 2.43. The Kier molecular flexibility index (Phi) is 5.76. The summed E-state index contributed by atoms with van der Waals surface area (Å²) in [5.41, 5.74) is 2.79. The smallest absolute Gasteiger partial charge is 0.255 e. The van der Waals surface area contributed by atoms with E-state index in [9.17, 15) is 13.6 Å². The van der Waals surface area contributed by atoms with Crippen molar-refractivity contribution in [2.45, 2.75) is 24.9 Å². The monoisotopic (exact) mass is 468 g/mol. The van der Waals surface area contributed by atoms with Crippen LogP contribution in [0.3, 0.4) is 0 Å².